The number of methoxy groups -OCH3 is 1. The number of nitrogens with zero attached hydrogens (tertiary/aromatic N) is 6. The van der Waals surface area contributed by atoms with Crippen LogP contribution in [0.4, 0.5) is 0 Å². The number of nitrogens with one attached hydrogen (secondary N) is 1. The van der Waals surface area contributed by atoms with Crippen LogP contribution in [-0.2, 0) is 16.1 Å². The molecule has 45 heavy (non-hydrogen) atoms. The molecule has 236 valence electrons. The lowest BCUT2D eigenvalue weighted by atomic mass is 9.88. The minimum absolute atomic E-state index is 0.0827. The molecule has 0 spiro atoms. The van der Waals surface area contributed by atoms with Gasteiger partial charge in [-0.05, 0) is 68.7 Å². The monoisotopic (exact) mass is 613 g/mol. The summed E-state index contributed by atoms with van der Waals surface area (Å²) in [5.41, 5.74) is 4.78. The zero-order chi connectivity index (χ0) is 31.7. The second kappa shape index (κ2) is 12.6. The van der Waals surface area contributed by atoms with Gasteiger partial charge in [-0.3, -0.25) is 19.1 Å². The summed E-state index contributed by atoms with van der Waals surface area (Å²) in [6, 6.07) is 11.5. The molecule has 0 aliphatic carbocycles. The number of hydrogen-bond acceptors (Lipinski definition) is 7. The Morgan fingerprint density at radius 3 is 2.64 bits per heavy atom. The van der Waals surface area contributed by atoms with Crippen LogP contribution in [0, 0.1) is 26.7 Å². The van der Waals surface area contributed by atoms with Crippen molar-refractivity contribution in [3.63, 3.8) is 0 Å². The molecule has 3 amide bonds. The maximum Gasteiger partial charge on any atom is 0.274 e. The smallest absolute Gasteiger partial charge is 0.274 e. The van der Waals surface area contributed by atoms with Crippen molar-refractivity contribution in [2.75, 3.05) is 46.4 Å². The SMILES string of the molecule is COc1ccc2cc1OCCN(C(=O)c1cn3ccc(C)cc3n1)CCCNC(=O)[C@H]1CN(C(=O)Cn3nc(C)cc3C)C[C@H]21. The van der Waals surface area contributed by atoms with Crippen molar-refractivity contribution in [3.05, 3.63) is 77.0 Å². The minimum Gasteiger partial charge on any atom is -0.493 e. The third-order valence-electron chi connectivity index (χ3n) is 8.66. The van der Waals surface area contributed by atoms with Gasteiger partial charge in [0.2, 0.25) is 11.8 Å². The van der Waals surface area contributed by atoms with Crippen molar-refractivity contribution in [3.8, 4) is 11.5 Å². The van der Waals surface area contributed by atoms with Gasteiger partial charge in [0.05, 0.1) is 25.3 Å². The first-order chi connectivity index (χ1) is 21.7. The third-order valence-corrected chi connectivity index (χ3v) is 8.66. The summed E-state index contributed by atoms with van der Waals surface area (Å²) in [4.78, 5) is 48.6. The number of carbonyl (C=O) groups excluding carboxylic acids is 3. The van der Waals surface area contributed by atoms with Crippen molar-refractivity contribution in [2.45, 2.75) is 39.7 Å². The number of imidazole rings is 1. The Morgan fingerprint density at radius 1 is 1.04 bits per heavy atom. The van der Waals surface area contributed by atoms with E-state index in [1.807, 2.05) is 67.8 Å². The van der Waals surface area contributed by atoms with E-state index in [9.17, 15) is 14.4 Å². The molecule has 2 aliphatic heterocycles. The number of carbonyl (C=O) groups is 3. The number of fused-ring (bicyclic) bond motifs is 5. The van der Waals surface area contributed by atoms with E-state index in [4.69, 9.17) is 9.47 Å². The molecule has 2 aliphatic rings. The number of benzene rings is 1. The Morgan fingerprint density at radius 2 is 1.87 bits per heavy atom. The molecular weight excluding hydrogens is 574 g/mol. The van der Waals surface area contributed by atoms with Crippen molar-refractivity contribution in [1.29, 1.82) is 0 Å². The first-order valence-corrected chi connectivity index (χ1v) is 15.3. The average molecular weight is 614 g/mol. The fourth-order valence-electron chi connectivity index (χ4n) is 6.25. The lowest BCUT2D eigenvalue weighted by Gasteiger charge is -2.24. The van der Waals surface area contributed by atoms with Gasteiger partial charge in [0.1, 0.15) is 24.5 Å². The quantitative estimate of drug-likeness (QED) is 0.376. The molecule has 1 N–H and O–H groups in total. The van der Waals surface area contributed by atoms with Crippen LogP contribution in [0.1, 0.15) is 45.3 Å². The lowest BCUT2D eigenvalue weighted by molar-refractivity contribution is -0.131. The van der Waals surface area contributed by atoms with Gasteiger partial charge < -0.3 is 29.0 Å². The van der Waals surface area contributed by atoms with Gasteiger partial charge in [-0.1, -0.05) is 6.07 Å². The summed E-state index contributed by atoms with van der Waals surface area (Å²) in [6.45, 7) is 8.01. The topological polar surface area (TPSA) is 123 Å². The Kier molecular flexibility index (Phi) is 8.46. The van der Waals surface area contributed by atoms with Crippen LogP contribution in [0.15, 0.2) is 48.8 Å². The highest BCUT2D eigenvalue weighted by molar-refractivity contribution is 5.93. The Hall–Kier alpha value is -4.87. The van der Waals surface area contributed by atoms with E-state index < -0.39 is 5.92 Å². The first-order valence-electron chi connectivity index (χ1n) is 15.3. The van der Waals surface area contributed by atoms with Gasteiger partial charge >= 0.3 is 0 Å². The maximum absolute atomic E-state index is 13.6. The van der Waals surface area contributed by atoms with Gasteiger partial charge in [-0.2, -0.15) is 5.10 Å². The standard InChI is InChI=1S/C33H39N7O5/c1-21-8-11-38-19-27(35-30(38)14-21)33(43)37-10-5-9-34-32(42)26-18-39(31(41)20-40-23(3)15-22(2)36-40)17-25(26)24-6-7-28(44-4)29(16-24)45-13-12-37/h6-8,11,14-16,19,25-26H,5,9-10,12-13,17-18,20H2,1-4H3,(H,34,42)/t25-,26+/m1/s1. The molecule has 0 radical (unpaired) electrons. The zero-order valence-electron chi connectivity index (χ0n) is 26.2. The molecular formula is C33H39N7O5. The number of likely N-dealkylation sites (tertiary alicyclic amines) is 1. The number of rotatable bonds is 4. The van der Waals surface area contributed by atoms with E-state index in [1.54, 1.807) is 27.8 Å². The number of aryl methyl sites for hydroxylation is 3. The molecule has 4 aromatic rings. The lowest BCUT2D eigenvalue weighted by Crippen LogP contribution is -2.39. The molecule has 12 heteroatoms. The number of ether oxygens (including phenoxy) is 2. The van der Waals surface area contributed by atoms with E-state index >= 15 is 0 Å². The van der Waals surface area contributed by atoms with Crippen LogP contribution in [0.5, 0.6) is 11.5 Å². The summed E-state index contributed by atoms with van der Waals surface area (Å²) in [7, 11) is 1.58. The maximum atomic E-state index is 13.6. The number of aromatic nitrogens is 4. The molecule has 1 fully saturated rings. The molecule has 3 aromatic heterocycles. The largest absolute Gasteiger partial charge is 0.493 e. The first kappa shape index (κ1) is 30.2. The van der Waals surface area contributed by atoms with Crippen LogP contribution in [0.25, 0.3) is 5.65 Å². The van der Waals surface area contributed by atoms with E-state index in [0.29, 0.717) is 62.0 Å². The normalized spacial score (nSPS) is 19.1. The van der Waals surface area contributed by atoms with Crippen molar-refractivity contribution in [1.82, 2.24) is 34.3 Å². The molecule has 0 unspecified atom stereocenters. The summed E-state index contributed by atoms with van der Waals surface area (Å²) >= 11 is 0. The Labute approximate surface area is 261 Å². The summed E-state index contributed by atoms with van der Waals surface area (Å²) in [5.74, 6) is 0.00277. The number of amides is 3. The highest BCUT2D eigenvalue weighted by atomic mass is 16.5. The van der Waals surface area contributed by atoms with Crippen LogP contribution in [0.2, 0.25) is 0 Å². The van der Waals surface area contributed by atoms with Gasteiger partial charge in [-0.25, -0.2) is 4.98 Å². The third kappa shape index (κ3) is 6.36. The highest BCUT2D eigenvalue weighted by Crippen LogP contribution is 2.38. The second-order valence-electron chi connectivity index (χ2n) is 11.9. The van der Waals surface area contributed by atoms with Crippen LogP contribution in [-0.4, -0.2) is 93.1 Å². The fraction of sp³-hybridized carbons (Fsp3) is 0.424. The van der Waals surface area contributed by atoms with Gasteiger partial charge in [0, 0.05) is 50.2 Å². The highest BCUT2D eigenvalue weighted by Gasteiger charge is 2.41. The van der Waals surface area contributed by atoms with Gasteiger partial charge in [0.15, 0.2) is 11.5 Å². The predicted octanol–water partition coefficient (Wildman–Crippen LogP) is 2.75. The van der Waals surface area contributed by atoms with Gasteiger partial charge in [-0.15, -0.1) is 0 Å². The summed E-state index contributed by atoms with van der Waals surface area (Å²) in [5, 5.41) is 7.52. The number of hydrogen-bond donors (Lipinski definition) is 1. The van der Waals surface area contributed by atoms with Crippen molar-refractivity contribution < 1.29 is 23.9 Å². The molecule has 2 bridgehead atoms. The Balaban J connectivity index is 1.23. The molecule has 6 rings (SSSR count). The molecule has 1 aromatic carbocycles. The molecule has 1 saturated heterocycles. The zero-order valence-corrected chi connectivity index (χ0v) is 26.2. The Bertz CT molecular complexity index is 1740. The van der Waals surface area contributed by atoms with E-state index in [1.165, 1.54) is 0 Å². The van der Waals surface area contributed by atoms with E-state index in [-0.39, 0.29) is 36.8 Å². The molecule has 5 heterocycles. The summed E-state index contributed by atoms with van der Waals surface area (Å²) in [6.07, 6.45) is 4.18. The molecule has 2 atom stereocenters. The van der Waals surface area contributed by atoms with E-state index in [0.717, 1.165) is 22.5 Å². The minimum atomic E-state index is -0.447. The second-order valence-corrected chi connectivity index (χ2v) is 11.9. The molecule has 0 saturated carbocycles. The molecule has 12 nitrogen and oxygen atoms in total. The van der Waals surface area contributed by atoms with Crippen LogP contribution < -0.4 is 14.8 Å². The van der Waals surface area contributed by atoms with E-state index in [2.05, 4.69) is 15.4 Å². The average Bonchev–Trinajstić information content (AvgIpc) is 3.73. The summed E-state index contributed by atoms with van der Waals surface area (Å²) < 4.78 is 15.3. The fourth-order valence-corrected chi connectivity index (χ4v) is 6.25. The predicted molar refractivity (Wildman–Crippen MR) is 166 cm³/mol. The van der Waals surface area contributed by atoms with Crippen LogP contribution >= 0.6 is 0 Å². The van der Waals surface area contributed by atoms with Gasteiger partial charge in [0.25, 0.3) is 5.91 Å². The number of pyridine rings is 1. The van der Waals surface area contributed by atoms with Crippen molar-refractivity contribution in [2.24, 2.45) is 5.92 Å². The van der Waals surface area contributed by atoms with Crippen molar-refractivity contribution >= 4 is 23.4 Å². The van der Waals surface area contributed by atoms with Crippen LogP contribution in [0.3, 0.4) is 0 Å².